The van der Waals surface area contributed by atoms with Crippen molar-refractivity contribution in [3.63, 3.8) is 0 Å². The number of aryl methyl sites for hydroxylation is 1. The van der Waals surface area contributed by atoms with Gasteiger partial charge in [-0.05, 0) is 57.3 Å². The average Bonchev–Trinajstić information content (AvgIpc) is 2.75. The average molecular weight is 300 g/mol. The minimum atomic E-state index is -0.303. The van der Waals surface area contributed by atoms with Crippen LogP contribution in [0.25, 0.3) is 10.9 Å². The third-order valence-electron chi connectivity index (χ3n) is 5.28. The molecule has 3 heteroatoms. The second-order valence-electron chi connectivity index (χ2n) is 6.98. The molecular weight excluding hydrogens is 272 g/mol. The monoisotopic (exact) mass is 300 g/mol. The number of benzene rings is 1. The maximum Gasteiger partial charge on any atom is 0.0845 e. The van der Waals surface area contributed by atoms with E-state index in [4.69, 9.17) is 0 Å². The second-order valence-corrected chi connectivity index (χ2v) is 6.98. The van der Waals surface area contributed by atoms with Crippen LogP contribution in [0.2, 0.25) is 0 Å². The summed E-state index contributed by atoms with van der Waals surface area (Å²) in [5.74, 6) is 0.840. The van der Waals surface area contributed by atoms with Crippen LogP contribution in [0.1, 0.15) is 31.0 Å². The largest absolute Gasteiger partial charge is 0.390 e. The number of aliphatic hydroxyl groups excluding tert-OH is 1. The summed E-state index contributed by atoms with van der Waals surface area (Å²) in [6.07, 6.45) is 2.22. The fourth-order valence-corrected chi connectivity index (χ4v) is 3.65. The fraction of sp³-hybridized carbons (Fsp3) is 0.579. The number of β-amino-alcohol motifs (C(OH)–C–C–N with tert-alkyl or cyclic N) is 1. The molecule has 1 aliphatic rings. The Balaban J connectivity index is 1.71. The van der Waals surface area contributed by atoms with Gasteiger partial charge in [-0.1, -0.05) is 25.1 Å². The lowest BCUT2D eigenvalue weighted by molar-refractivity contribution is 0.0806. The van der Waals surface area contributed by atoms with Gasteiger partial charge in [-0.25, -0.2) is 0 Å². The standard InChI is InChI=1S/C19H28N2O/c1-14-8-10-20(11-9-14)12-17(22)13-21-16(3)15(2)18-6-4-5-7-19(18)21/h4-7,14,17,22H,8-13H2,1-3H3/t17-/m0/s1. The van der Waals surface area contributed by atoms with Crippen molar-refractivity contribution in [1.82, 2.24) is 9.47 Å². The smallest absolute Gasteiger partial charge is 0.0845 e. The van der Waals surface area contributed by atoms with Crippen LogP contribution < -0.4 is 0 Å². The summed E-state index contributed by atoms with van der Waals surface area (Å²) in [5, 5.41) is 11.9. The molecule has 1 atom stereocenters. The number of aromatic nitrogens is 1. The molecule has 3 rings (SSSR count). The van der Waals surface area contributed by atoms with E-state index in [1.54, 1.807) is 0 Å². The van der Waals surface area contributed by atoms with Gasteiger partial charge >= 0.3 is 0 Å². The highest BCUT2D eigenvalue weighted by molar-refractivity contribution is 5.85. The van der Waals surface area contributed by atoms with E-state index < -0.39 is 0 Å². The molecule has 0 amide bonds. The number of aliphatic hydroxyl groups is 1. The lowest BCUT2D eigenvalue weighted by Crippen LogP contribution is -2.39. The normalized spacial score (nSPS) is 18.9. The van der Waals surface area contributed by atoms with E-state index in [0.29, 0.717) is 6.54 Å². The Morgan fingerprint density at radius 2 is 1.82 bits per heavy atom. The van der Waals surface area contributed by atoms with Crippen molar-refractivity contribution in [2.24, 2.45) is 5.92 Å². The molecular formula is C19H28N2O. The van der Waals surface area contributed by atoms with E-state index in [9.17, 15) is 5.11 Å². The van der Waals surface area contributed by atoms with Crippen LogP contribution in [-0.2, 0) is 6.54 Å². The third-order valence-corrected chi connectivity index (χ3v) is 5.28. The SMILES string of the molecule is Cc1c(C)n(C[C@@H](O)CN2CCC(C)CC2)c2ccccc12. The number of fused-ring (bicyclic) bond motifs is 1. The van der Waals surface area contributed by atoms with Crippen LogP contribution in [-0.4, -0.2) is 40.3 Å². The van der Waals surface area contributed by atoms with Crippen molar-refractivity contribution in [2.75, 3.05) is 19.6 Å². The number of piperidine rings is 1. The van der Waals surface area contributed by atoms with Crippen LogP contribution in [0.5, 0.6) is 0 Å². The molecule has 22 heavy (non-hydrogen) atoms. The van der Waals surface area contributed by atoms with Crippen LogP contribution in [0.15, 0.2) is 24.3 Å². The number of para-hydroxylation sites is 1. The molecule has 3 nitrogen and oxygen atoms in total. The molecule has 0 spiro atoms. The van der Waals surface area contributed by atoms with Gasteiger partial charge in [0.2, 0.25) is 0 Å². The molecule has 0 unspecified atom stereocenters. The zero-order valence-electron chi connectivity index (χ0n) is 14.0. The van der Waals surface area contributed by atoms with Gasteiger partial charge in [0, 0.05) is 23.1 Å². The quantitative estimate of drug-likeness (QED) is 0.938. The van der Waals surface area contributed by atoms with Gasteiger partial charge in [-0.15, -0.1) is 0 Å². The number of hydrogen-bond donors (Lipinski definition) is 1. The van der Waals surface area contributed by atoms with Crippen molar-refractivity contribution in [3.8, 4) is 0 Å². The lowest BCUT2D eigenvalue weighted by Gasteiger charge is -2.31. The topological polar surface area (TPSA) is 28.4 Å². The highest BCUT2D eigenvalue weighted by atomic mass is 16.3. The fourth-order valence-electron chi connectivity index (χ4n) is 3.65. The van der Waals surface area contributed by atoms with Gasteiger partial charge < -0.3 is 14.6 Å². The molecule has 1 fully saturated rings. The van der Waals surface area contributed by atoms with E-state index in [2.05, 4.69) is 54.5 Å². The summed E-state index contributed by atoms with van der Waals surface area (Å²) in [4.78, 5) is 2.42. The molecule has 0 radical (unpaired) electrons. The summed E-state index contributed by atoms with van der Waals surface area (Å²) < 4.78 is 2.28. The van der Waals surface area contributed by atoms with Gasteiger partial charge in [0.15, 0.2) is 0 Å². The summed E-state index contributed by atoms with van der Waals surface area (Å²) >= 11 is 0. The molecule has 1 saturated heterocycles. The van der Waals surface area contributed by atoms with E-state index in [-0.39, 0.29) is 6.10 Å². The maximum atomic E-state index is 10.6. The molecule has 120 valence electrons. The Kier molecular flexibility index (Phi) is 4.55. The predicted molar refractivity (Wildman–Crippen MR) is 92.3 cm³/mol. The maximum absolute atomic E-state index is 10.6. The van der Waals surface area contributed by atoms with E-state index in [1.165, 1.54) is 35.0 Å². The van der Waals surface area contributed by atoms with Crippen LogP contribution in [0.4, 0.5) is 0 Å². The summed E-state index contributed by atoms with van der Waals surface area (Å²) in [5.41, 5.74) is 3.84. The Morgan fingerprint density at radius 1 is 1.14 bits per heavy atom. The molecule has 1 aromatic carbocycles. The van der Waals surface area contributed by atoms with Gasteiger partial charge in [0.1, 0.15) is 0 Å². The molecule has 2 heterocycles. The molecule has 1 aliphatic heterocycles. The first-order valence-electron chi connectivity index (χ1n) is 8.51. The van der Waals surface area contributed by atoms with E-state index >= 15 is 0 Å². The summed E-state index contributed by atoms with van der Waals surface area (Å²) in [7, 11) is 0. The summed E-state index contributed by atoms with van der Waals surface area (Å²) in [6, 6.07) is 8.50. The molecule has 0 bridgehead atoms. The second kappa shape index (κ2) is 6.43. The first-order chi connectivity index (χ1) is 10.6. The number of nitrogens with zero attached hydrogens (tertiary/aromatic N) is 2. The zero-order chi connectivity index (χ0) is 15.7. The van der Waals surface area contributed by atoms with Gasteiger partial charge in [0.25, 0.3) is 0 Å². The van der Waals surface area contributed by atoms with Gasteiger partial charge in [0.05, 0.1) is 12.6 Å². The minimum Gasteiger partial charge on any atom is -0.390 e. The molecule has 0 saturated carbocycles. The Labute approximate surface area is 133 Å². The van der Waals surface area contributed by atoms with Crippen molar-refractivity contribution < 1.29 is 5.11 Å². The zero-order valence-corrected chi connectivity index (χ0v) is 14.0. The van der Waals surface area contributed by atoms with Crippen molar-refractivity contribution in [2.45, 2.75) is 46.3 Å². The molecule has 1 aromatic heterocycles. The Hall–Kier alpha value is -1.32. The molecule has 1 N–H and O–H groups in total. The Morgan fingerprint density at radius 3 is 2.55 bits per heavy atom. The van der Waals surface area contributed by atoms with E-state index in [1.807, 2.05) is 0 Å². The van der Waals surface area contributed by atoms with Crippen molar-refractivity contribution >= 4 is 10.9 Å². The number of hydrogen-bond acceptors (Lipinski definition) is 2. The summed E-state index contributed by atoms with van der Waals surface area (Å²) in [6.45, 7) is 10.4. The van der Waals surface area contributed by atoms with Gasteiger partial charge in [-0.3, -0.25) is 0 Å². The predicted octanol–water partition coefficient (Wildman–Crippen LogP) is 3.35. The van der Waals surface area contributed by atoms with E-state index in [0.717, 1.165) is 25.6 Å². The highest BCUT2D eigenvalue weighted by Crippen LogP contribution is 2.25. The third kappa shape index (κ3) is 3.06. The molecule has 0 aliphatic carbocycles. The minimum absolute atomic E-state index is 0.303. The first-order valence-corrected chi connectivity index (χ1v) is 8.51. The Bertz CT molecular complexity index is 638. The van der Waals surface area contributed by atoms with Crippen LogP contribution in [0.3, 0.4) is 0 Å². The molecule has 2 aromatic rings. The van der Waals surface area contributed by atoms with Crippen LogP contribution >= 0.6 is 0 Å². The van der Waals surface area contributed by atoms with Gasteiger partial charge in [-0.2, -0.15) is 0 Å². The number of rotatable bonds is 4. The number of likely N-dealkylation sites (tertiary alicyclic amines) is 1. The highest BCUT2D eigenvalue weighted by Gasteiger charge is 2.20. The first kappa shape index (κ1) is 15.6. The van der Waals surface area contributed by atoms with Crippen molar-refractivity contribution in [1.29, 1.82) is 0 Å². The van der Waals surface area contributed by atoms with Crippen LogP contribution in [0, 0.1) is 19.8 Å². The van der Waals surface area contributed by atoms with Crippen molar-refractivity contribution in [3.05, 3.63) is 35.5 Å². The lowest BCUT2D eigenvalue weighted by atomic mass is 9.99.